The lowest BCUT2D eigenvalue weighted by atomic mass is 10.0. The summed E-state index contributed by atoms with van der Waals surface area (Å²) in [5.41, 5.74) is 3.44. The van der Waals surface area contributed by atoms with Gasteiger partial charge in [0.15, 0.2) is 0 Å². The zero-order valence-corrected chi connectivity index (χ0v) is 9.43. The molecule has 0 aliphatic rings. The van der Waals surface area contributed by atoms with Crippen LogP contribution in [0, 0.1) is 0 Å². The van der Waals surface area contributed by atoms with Crippen molar-refractivity contribution in [1.82, 2.24) is 0 Å². The van der Waals surface area contributed by atoms with Gasteiger partial charge in [0, 0.05) is 11.8 Å². The van der Waals surface area contributed by atoms with Gasteiger partial charge in [0.1, 0.15) is 0 Å². The van der Waals surface area contributed by atoms with Crippen LogP contribution in [0.3, 0.4) is 0 Å². The molecule has 0 spiro atoms. The maximum Gasteiger partial charge on any atom is 0.0704 e. The second-order valence-corrected chi connectivity index (χ2v) is 3.60. The molecule has 0 saturated carbocycles. The number of para-hydroxylation sites is 1. The van der Waals surface area contributed by atoms with Gasteiger partial charge in [-0.15, -0.1) is 0 Å². The van der Waals surface area contributed by atoms with Crippen molar-refractivity contribution >= 4 is 11.9 Å². The summed E-state index contributed by atoms with van der Waals surface area (Å²) in [6.45, 7) is 2.09. The fourth-order valence-electron chi connectivity index (χ4n) is 1.64. The molecule has 0 aliphatic carbocycles. The van der Waals surface area contributed by atoms with Crippen LogP contribution in [-0.4, -0.2) is 6.21 Å². The molecule has 0 saturated heterocycles. The maximum atomic E-state index is 4.48. The lowest BCUT2D eigenvalue weighted by molar-refractivity contribution is 1.31. The van der Waals surface area contributed by atoms with Gasteiger partial charge in [-0.2, -0.15) is 0 Å². The van der Waals surface area contributed by atoms with Gasteiger partial charge in [-0.3, -0.25) is 4.99 Å². The zero-order chi connectivity index (χ0) is 11.2. The predicted octanol–water partition coefficient (Wildman–Crippen LogP) is 4.47. The fraction of sp³-hybridized carbons (Fsp3) is 0.133. The summed E-state index contributed by atoms with van der Waals surface area (Å²) < 4.78 is 0. The molecular weight excluding hydrogens is 194 g/mol. The van der Waals surface area contributed by atoms with Crippen LogP contribution >= 0.6 is 0 Å². The minimum Gasteiger partial charge on any atom is -0.261 e. The molecule has 1 heteroatoms. The molecule has 2 aromatic carbocycles. The Morgan fingerprint density at radius 1 is 0.938 bits per heavy atom. The Hall–Kier alpha value is -1.89. The first kappa shape index (κ1) is 10.6. The lowest BCUT2D eigenvalue weighted by Gasteiger charge is -2.04. The van der Waals surface area contributed by atoms with Crippen molar-refractivity contribution in [3.8, 4) is 11.1 Å². The normalized spacial score (nSPS) is 10.8. The smallest absolute Gasteiger partial charge is 0.0704 e. The molecule has 0 bridgehead atoms. The SMILES string of the molecule is CC/C=N/c1ccccc1-c1ccccc1. The highest BCUT2D eigenvalue weighted by Crippen LogP contribution is 2.29. The third-order valence-corrected chi connectivity index (χ3v) is 2.40. The predicted molar refractivity (Wildman–Crippen MR) is 70.3 cm³/mol. The third kappa shape index (κ3) is 2.37. The highest BCUT2D eigenvalue weighted by molar-refractivity contribution is 5.78. The second kappa shape index (κ2) is 5.26. The van der Waals surface area contributed by atoms with Crippen LogP contribution in [-0.2, 0) is 0 Å². The molecule has 2 rings (SSSR count). The van der Waals surface area contributed by atoms with Crippen molar-refractivity contribution in [2.75, 3.05) is 0 Å². The van der Waals surface area contributed by atoms with E-state index in [9.17, 15) is 0 Å². The molecule has 0 aromatic heterocycles. The van der Waals surface area contributed by atoms with Crippen molar-refractivity contribution in [3.05, 3.63) is 54.6 Å². The third-order valence-electron chi connectivity index (χ3n) is 2.40. The van der Waals surface area contributed by atoms with Gasteiger partial charge in [0.25, 0.3) is 0 Å². The number of hydrogen-bond donors (Lipinski definition) is 0. The van der Waals surface area contributed by atoms with Crippen LogP contribution in [0.4, 0.5) is 5.69 Å². The Labute approximate surface area is 96.5 Å². The van der Waals surface area contributed by atoms with Gasteiger partial charge in [-0.25, -0.2) is 0 Å². The van der Waals surface area contributed by atoms with Crippen LogP contribution in [0.1, 0.15) is 13.3 Å². The molecule has 0 unspecified atom stereocenters. The van der Waals surface area contributed by atoms with Crippen LogP contribution < -0.4 is 0 Å². The summed E-state index contributed by atoms with van der Waals surface area (Å²) in [5, 5.41) is 0. The van der Waals surface area contributed by atoms with Gasteiger partial charge in [0.05, 0.1) is 5.69 Å². The van der Waals surface area contributed by atoms with Gasteiger partial charge in [-0.1, -0.05) is 55.5 Å². The molecule has 0 radical (unpaired) electrons. The van der Waals surface area contributed by atoms with E-state index in [0.717, 1.165) is 12.1 Å². The Kier molecular flexibility index (Phi) is 3.50. The van der Waals surface area contributed by atoms with Crippen molar-refractivity contribution in [1.29, 1.82) is 0 Å². The van der Waals surface area contributed by atoms with E-state index in [1.165, 1.54) is 11.1 Å². The largest absolute Gasteiger partial charge is 0.261 e. The standard InChI is InChI=1S/C15H15N/c1-2-12-16-15-11-7-6-10-14(15)13-8-4-3-5-9-13/h3-12H,2H2,1H3/b16-12+. The van der Waals surface area contributed by atoms with Crippen molar-refractivity contribution < 1.29 is 0 Å². The van der Waals surface area contributed by atoms with E-state index in [4.69, 9.17) is 0 Å². The van der Waals surface area contributed by atoms with E-state index in [0.29, 0.717) is 0 Å². The van der Waals surface area contributed by atoms with E-state index >= 15 is 0 Å². The summed E-state index contributed by atoms with van der Waals surface area (Å²) in [5.74, 6) is 0. The van der Waals surface area contributed by atoms with Crippen molar-refractivity contribution in [2.45, 2.75) is 13.3 Å². The second-order valence-electron chi connectivity index (χ2n) is 3.60. The number of rotatable bonds is 3. The maximum absolute atomic E-state index is 4.48. The molecule has 80 valence electrons. The van der Waals surface area contributed by atoms with Crippen LogP contribution in [0.2, 0.25) is 0 Å². The van der Waals surface area contributed by atoms with Gasteiger partial charge in [0.2, 0.25) is 0 Å². The first-order valence-electron chi connectivity index (χ1n) is 5.59. The molecule has 0 atom stereocenters. The quantitative estimate of drug-likeness (QED) is 0.661. The highest BCUT2D eigenvalue weighted by atomic mass is 14.7. The number of nitrogens with zero attached hydrogens (tertiary/aromatic N) is 1. The van der Waals surface area contributed by atoms with Crippen molar-refractivity contribution in [3.63, 3.8) is 0 Å². The summed E-state index contributed by atoms with van der Waals surface area (Å²) in [7, 11) is 0. The fourth-order valence-corrected chi connectivity index (χ4v) is 1.64. The monoisotopic (exact) mass is 209 g/mol. The number of benzene rings is 2. The molecule has 2 aromatic rings. The van der Waals surface area contributed by atoms with E-state index in [1.54, 1.807) is 0 Å². The Bertz CT molecular complexity index is 472. The van der Waals surface area contributed by atoms with Gasteiger partial charge >= 0.3 is 0 Å². The first-order chi connectivity index (χ1) is 7.92. The van der Waals surface area contributed by atoms with Gasteiger partial charge in [-0.05, 0) is 18.1 Å². The Balaban J connectivity index is 2.45. The molecular formula is C15H15N. The first-order valence-corrected chi connectivity index (χ1v) is 5.59. The molecule has 0 N–H and O–H groups in total. The lowest BCUT2D eigenvalue weighted by Crippen LogP contribution is -1.78. The average molecular weight is 209 g/mol. The van der Waals surface area contributed by atoms with Crippen LogP contribution in [0.15, 0.2) is 59.6 Å². The van der Waals surface area contributed by atoms with E-state index in [-0.39, 0.29) is 0 Å². The molecule has 16 heavy (non-hydrogen) atoms. The Morgan fingerprint density at radius 3 is 2.38 bits per heavy atom. The van der Waals surface area contributed by atoms with Crippen LogP contribution in [0.5, 0.6) is 0 Å². The van der Waals surface area contributed by atoms with Gasteiger partial charge < -0.3 is 0 Å². The van der Waals surface area contributed by atoms with Crippen LogP contribution in [0.25, 0.3) is 11.1 Å². The highest BCUT2D eigenvalue weighted by Gasteiger charge is 2.01. The van der Waals surface area contributed by atoms with E-state index < -0.39 is 0 Å². The minimum absolute atomic E-state index is 0.961. The average Bonchev–Trinajstić information content (AvgIpc) is 2.38. The zero-order valence-electron chi connectivity index (χ0n) is 9.43. The molecule has 0 fully saturated rings. The summed E-state index contributed by atoms with van der Waals surface area (Å²) >= 11 is 0. The Morgan fingerprint density at radius 2 is 1.62 bits per heavy atom. The molecule has 0 amide bonds. The number of aliphatic imine (C=N–C) groups is 1. The molecule has 0 aliphatic heterocycles. The molecule has 1 nitrogen and oxygen atoms in total. The van der Waals surface area contributed by atoms with Crippen molar-refractivity contribution in [2.24, 2.45) is 4.99 Å². The van der Waals surface area contributed by atoms with E-state index in [1.807, 2.05) is 24.4 Å². The van der Waals surface area contributed by atoms with E-state index in [2.05, 4.69) is 48.3 Å². The summed E-state index contributed by atoms with van der Waals surface area (Å²) in [6.07, 6.45) is 2.91. The summed E-state index contributed by atoms with van der Waals surface area (Å²) in [6, 6.07) is 18.6. The summed E-state index contributed by atoms with van der Waals surface area (Å²) in [4.78, 5) is 4.48. The molecule has 0 heterocycles. The topological polar surface area (TPSA) is 12.4 Å². The number of hydrogen-bond acceptors (Lipinski definition) is 1. The minimum atomic E-state index is 0.961.